The van der Waals surface area contributed by atoms with Crippen LogP contribution in [0.1, 0.15) is 42.3 Å². The summed E-state index contributed by atoms with van der Waals surface area (Å²) in [5.41, 5.74) is 2.57. The van der Waals surface area contributed by atoms with Crippen LogP contribution in [0.5, 0.6) is 0 Å². The molecule has 1 aliphatic carbocycles. The monoisotopic (exact) mass is 260 g/mol. The van der Waals surface area contributed by atoms with Crippen LogP contribution in [0.25, 0.3) is 11.1 Å². The van der Waals surface area contributed by atoms with E-state index in [1.54, 1.807) is 30.3 Å². The molecule has 0 amide bonds. The molecule has 0 bridgehead atoms. The number of aliphatic hydroxyl groups is 1. The molecule has 3 heteroatoms. The first-order valence-corrected chi connectivity index (χ1v) is 6.38. The molecular formula is C16H14F2O. The quantitative estimate of drug-likeness (QED) is 0.853. The van der Waals surface area contributed by atoms with Crippen molar-refractivity contribution in [1.29, 1.82) is 0 Å². The summed E-state index contributed by atoms with van der Waals surface area (Å²) in [6, 6.07) is 9.78. The van der Waals surface area contributed by atoms with Gasteiger partial charge in [-0.1, -0.05) is 31.2 Å². The fourth-order valence-corrected chi connectivity index (χ4v) is 2.66. The van der Waals surface area contributed by atoms with Crippen molar-refractivity contribution in [2.45, 2.75) is 25.6 Å². The highest BCUT2D eigenvalue weighted by molar-refractivity contribution is 5.78. The van der Waals surface area contributed by atoms with Gasteiger partial charge in [0.1, 0.15) is 5.82 Å². The number of benzene rings is 2. The Balaban J connectivity index is 2.16. The molecule has 0 saturated carbocycles. The Morgan fingerprint density at radius 3 is 2.74 bits per heavy atom. The topological polar surface area (TPSA) is 20.2 Å². The minimum atomic E-state index is -1.45. The van der Waals surface area contributed by atoms with Gasteiger partial charge < -0.3 is 5.11 Å². The number of alkyl halides is 1. The fourth-order valence-electron chi connectivity index (χ4n) is 2.66. The summed E-state index contributed by atoms with van der Waals surface area (Å²) in [4.78, 5) is 0. The van der Waals surface area contributed by atoms with E-state index in [0.29, 0.717) is 28.7 Å². The Bertz CT molecular complexity index is 637. The third-order valence-electron chi connectivity index (χ3n) is 3.72. The summed E-state index contributed by atoms with van der Waals surface area (Å²) in [5, 5.41) is 9.82. The molecule has 3 rings (SSSR count). The summed E-state index contributed by atoms with van der Waals surface area (Å²) in [5.74, 6) is -0.515. The van der Waals surface area contributed by atoms with Crippen LogP contribution >= 0.6 is 0 Å². The van der Waals surface area contributed by atoms with Crippen LogP contribution in [-0.4, -0.2) is 5.11 Å². The van der Waals surface area contributed by atoms with Crippen LogP contribution in [0.2, 0.25) is 0 Å². The number of aliphatic hydroxyl groups excluding tert-OH is 1. The van der Waals surface area contributed by atoms with Crippen molar-refractivity contribution in [3.63, 3.8) is 0 Å². The van der Waals surface area contributed by atoms with Crippen LogP contribution < -0.4 is 0 Å². The van der Waals surface area contributed by atoms with Crippen molar-refractivity contribution in [3.8, 4) is 11.1 Å². The summed E-state index contributed by atoms with van der Waals surface area (Å²) in [7, 11) is 0. The van der Waals surface area contributed by atoms with E-state index in [-0.39, 0.29) is 5.56 Å². The SMILES string of the molecule is CCC(O)c1ccc2c(c1)C(F)c1c(F)cccc1-2. The average molecular weight is 260 g/mol. The van der Waals surface area contributed by atoms with Crippen molar-refractivity contribution in [1.82, 2.24) is 0 Å². The van der Waals surface area contributed by atoms with Crippen molar-refractivity contribution in [2.75, 3.05) is 0 Å². The highest BCUT2D eigenvalue weighted by Crippen LogP contribution is 2.47. The Morgan fingerprint density at radius 1 is 1.21 bits per heavy atom. The fraction of sp³-hybridized carbons (Fsp3) is 0.250. The van der Waals surface area contributed by atoms with Crippen LogP contribution in [0.3, 0.4) is 0 Å². The normalized spacial score (nSPS) is 18.0. The lowest BCUT2D eigenvalue weighted by Gasteiger charge is -2.11. The second-order valence-corrected chi connectivity index (χ2v) is 4.83. The number of fused-ring (bicyclic) bond motifs is 3. The molecule has 2 unspecified atom stereocenters. The smallest absolute Gasteiger partial charge is 0.154 e. The third kappa shape index (κ3) is 1.77. The van der Waals surface area contributed by atoms with Gasteiger partial charge in [-0.15, -0.1) is 0 Å². The van der Waals surface area contributed by atoms with E-state index >= 15 is 0 Å². The van der Waals surface area contributed by atoms with E-state index in [0.717, 1.165) is 0 Å². The van der Waals surface area contributed by atoms with Gasteiger partial charge in [-0.2, -0.15) is 0 Å². The summed E-state index contributed by atoms with van der Waals surface area (Å²) >= 11 is 0. The molecule has 1 aliphatic rings. The van der Waals surface area contributed by atoms with Crippen LogP contribution in [0, 0.1) is 5.82 Å². The maximum absolute atomic E-state index is 14.4. The van der Waals surface area contributed by atoms with Gasteiger partial charge in [-0.05, 0) is 40.8 Å². The van der Waals surface area contributed by atoms with Gasteiger partial charge in [0, 0.05) is 5.56 Å². The zero-order chi connectivity index (χ0) is 13.6. The van der Waals surface area contributed by atoms with Crippen molar-refractivity contribution < 1.29 is 13.9 Å². The molecule has 0 aliphatic heterocycles. The molecule has 2 aromatic rings. The minimum Gasteiger partial charge on any atom is -0.388 e. The summed E-state index contributed by atoms with van der Waals surface area (Å²) in [6.07, 6.45) is -1.49. The lowest BCUT2D eigenvalue weighted by Crippen LogP contribution is -1.97. The zero-order valence-electron chi connectivity index (χ0n) is 10.5. The first-order chi connectivity index (χ1) is 9.13. The molecule has 2 aromatic carbocycles. The molecule has 19 heavy (non-hydrogen) atoms. The molecule has 0 saturated heterocycles. The van der Waals surface area contributed by atoms with Gasteiger partial charge in [0.2, 0.25) is 0 Å². The third-order valence-corrected chi connectivity index (χ3v) is 3.72. The molecular weight excluding hydrogens is 246 g/mol. The Kier molecular flexibility index (Phi) is 2.86. The van der Waals surface area contributed by atoms with Gasteiger partial charge in [0.25, 0.3) is 0 Å². The van der Waals surface area contributed by atoms with Crippen LogP contribution in [0.15, 0.2) is 36.4 Å². The van der Waals surface area contributed by atoms with Crippen molar-refractivity contribution in [3.05, 3.63) is 58.9 Å². The average Bonchev–Trinajstić information content (AvgIpc) is 2.72. The van der Waals surface area contributed by atoms with Gasteiger partial charge in [-0.25, -0.2) is 8.78 Å². The highest BCUT2D eigenvalue weighted by Gasteiger charge is 2.31. The van der Waals surface area contributed by atoms with E-state index in [4.69, 9.17) is 0 Å². The molecule has 1 nitrogen and oxygen atoms in total. The van der Waals surface area contributed by atoms with Crippen LogP contribution in [-0.2, 0) is 0 Å². The zero-order valence-corrected chi connectivity index (χ0v) is 10.5. The van der Waals surface area contributed by atoms with Crippen molar-refractivity contribution >= 4 is 0 Å². The standard InChI is InChI=1S/C16H14F2O/c1-2-14(19)9-6-7-10-11-4-3-5-13(17)15(11)16(18)12(10)8-9/h3-8,14,16,19H,2H2,1H3. The number of hydrogen-bond acceptors (Lipinski definition) is 1. The van der Waals surface area contributed by atoms with Crippen molar-refractivity contribution in [2.24, 2.45) is 0 Å². The molecule has 0 aromatic heterocycles. The second-order valence-electron chi connectivity index (χ2n) is 4.83. The molecule has 0 fully saturated rings. The molecule has 0 heterocycles. The molecule has 2 atom stereocenters. The second kappa shape index (κ2) is 4.42. The number of hydrogen-bond donors (Lipinski definition) is 1. The molecule has 0 spiro atoms. The highest BCUT2D eigenvalue weighted by atomic mass is 19.1. The number of rotatable bonds is 2. The lowest BCUT2D eigenvalue weighted by molar-refractivity contribution is 0.173. The van der Waals surface area contributed by atoms with Gasteiger partial charge in [0.05, 0.1) is 6.10 Å². The predicted molar refractivity (Wildman–Crippen MR) is 70.0 cm³/mol. The van der Waals surface area contributed by atoms with Gasteiger partial charge >= 0.3 is 0 Å². The minimum absolute atomic E-state index is 0.112. The Morgan fingerprint density at radius 2 is 2.00 bits per heavy atom. The van der Waals surface area contributed by atoms with E-state index in [2.05, 4.69) is 0 Å². The first-order valence-electron chi connectivity index (χ1n) is 6.38. The Labute approximate surface area is 110 Å². The molecule has 1 N–H and O–H groups in total. The van der Waals surface area contributed by atoms with E-state index in [9.17, 15) is 13.9 Å². The van der Waals surface area contributed by atoms with Crippen LogP contribution in [0.4, 0.5) is 8.78 Å². The summed E-state index contributed by atoms with van der Waals surface area (Å²) in [6.45, 7) is 1.86. The lowest BCUT2D eigenvalue weighted by atomic mass is 9.99. The predicted octanol–water partition coefficient (Wildman–Crippen LogP) is 4.31. The van der Waals surface area contributed by atoms with E-state index < -0.39 is 18.1 Å². The Hall–Kier alpha value is -1.74. The van der Waals surface area contributed by atoms with Gasteiger partial charge in [0.15, 0.2) is 6.17 Å². The molecule has 98 valence electrons. The maximum atomic E-state index is 14.4. The van der Waals surface area contributed by atoms with E-state index in [1.807, 2.05) is 6.92 Å². The molecule has 0 radical (unpaired) electrons. The first kappa shape index (κ1) is 12.3. The van der Waals surface area contributed by atoms with E-state index in [1.165, 1.54) is 6.07 Å². The van der Waals surface area contributed by atoms with Gasteiger partial charge in [-0.3, -0.25) is 0 Å². The number of halogens is 2. The largest absolute Gasteiger partial charge is 0.388 e. The maximum Gasteiger partial charge on any atom is 0.154 e. The summed E-state index contributed by atoms with van der Waals surface area (Å²) < 4.78 is 28.1.